The maximum atomic E-state index is 6.47. The van der Waals surface area contributed by atoms with Crippen molar-refractivity contribution in [3.8, 4) is 27.9 Å². The molecule has 12 aromatic rings. The van der Waals surface area contributed by atoms with Crippen LogP contribution in [0.25, 0.3) is 93.2 Å². The van der Waals surface area contributed by atoms with Crippen LogP contribution in [0.1, 0.15) is 0 Å². The normalized spacial score (nSPS) is 11.7. The van der Waals surface area contributed by atoms with Crippen LogP contribution in [0.3, 0.4) is 0 Å². The van der Waals surface area contributed by atoms with E-state index in [1.165, 1.54) is 60.2 Å². The third-order valence-corrected chi connectivity index (χ3v) is 12.0. The highest BCUT2D eigenvalue weighted by Crippen LogP contribution is 2.46. The SMILES string of the molecule is c1ccc(-c2ccc(N(c3ccc4c(c3)oc3ccccc34)c3ccc(-n4c5ccccc5c5c6c(-c7ccccc7)cccc6ccc54)c4ccccc34)cc2)cc1. The predicted molar refractivity (Wildman–Crippen MR) is 249 cm³/mol. The molecule has 0 aliphatic heterocycles. The molecule has 0 bridgehead atoms. The lowest BCUT2D eigenvalue weighted by Gasteiger charge is -2.28. The summed E-state index contributed by atoms with van der Waals surface area (Å²) in [6.45, 7) is 0. The molecule has 3 nitrogen and oxygen atoms in total. The smallest absolute Gasteiger partial charge is 0.137 e. The van der Waals surface area contributed by atoms with E-state index in [1.807, 2.05) is 12.1 Å². The Morgan fingerprint density at radius 3 is 1.81 bits per heavy atom. The van der Waals surface area contributed by atoms with Crippen LogP contribution < -0.4 is 4.90 Å². The molecule has 0 amide bonds. The number of hydrogen-bond acceptors (Lipinski definition) is 2. The number of anilines is 3. The molecule has 276 valence electrons. The fourth-order valence-corrected chi connectivity index (χ4v) is 9.33. The highest BCUT2D eigenvalue weighted by molar-refractivity contribution is 6.25. The summed E-state index contributed by atoms with van der Waals surface area (Å²) >= 11 is 0. The van der Waals surface area contributed by atoms with E-state index in [2.05, 4.69) is 216 Å². The van der Waals surface area contributed by atoms with E-state index < -0.39 is 0 Å². The summed E-state index contributed by atoms with van der Waals surface area (Å²) in [6.07, 6.45) is 0. The minimum absolute atomic E-state index is 0.864. The van der Waals surface area contributed by atoms with Crippen molar-refractivity contribution in [3.63, 3.8) is 0 Å². The molecular weight excluding hydrogens is 717 g/mol. The molecule has 0 N–H and O–H groups in total. The highest BCUT2D eigenvalue weighted by atomic mass is 16.3. The van der Waals surface area contributed by atoms with Gasteiger partial charge >= 0.3 is 0 Å². The van der Waals surface area contributed by atoms with Crippen molar-refractivity contribution in [2.24, 2.45) is 0 Å². The minimum Gasteiger partial charge on any atom is -0.456 e. The van der Waals surface area contributed by atoms with E-state index in [1.54, 1.807) is 0 Å². The number of rotatable bonds is 6. The van der Waals surface area contributed by atoms with Gasteiger partial charge in [-0.3, -0.25) is 0 Å². The molecule has 0 saturated heterocycles. The summed E-state index contributed by atoms with van der Waals surface area (Å²) in [4.78, 5) is 2.37. The van der Waals surface area contributed by atoms with E-state index in [0.717, 1.165) is 50.1 Å². The second kappa shape index (κ2) is 13.4. The average Bonchev–Trinajstić information content (AvgIpc) is 3.85. The Morgan fingerprint density at radius 2 is 1.00 bits per heavy atom. The van der Waals surface area contributed by atoms with Crippen LogP contribution in [-0.2, 0) is 0 Å². The molecule has 12 rings (SSSR count). The van der Waals surface area contributed by atoms with Crippen LogP contribution in [-0.4, -0.2) is 4.57 Å². The first-order valence-electron chi connectivity index (χ1n) is 20.2. The zero-order valence-corrected chi connectivity index (χ0v) is 32.1. The Morgan fingerprint density at radius 1 is 0.356 bits per heavy atom. The first-order valence-corrected chi connectivity index (χ1v) is 20.2. The largest absolute Gasteiger partial charge is 0.456 e. The third-order valence-electron chi connectivity index (χ3n) is 12.0. The van der Waals surface area contributed by atoms with E-state index in [9.17, 15) is 0 Å². The van der Waals surface area contributed by atoms with Crippen molar-refractivity contribution in [2.75, 3.05) is 4.90 Å². The van der Waals surface area contributed by atoms with Gasteiger partial charge in [0.1, 0.15) is 11.2 Å². The number of nitrogens with zero attached hydrogens (tertiary/aromatic N) is 2. The number of para-hydroxylation sites is 2. The van der Waals surface area contributed by atoms with Crippen LogP contribution >= 0.6 is 0 Å². The Bertz CT molecular complexity index is 3540. The molecule has 10 aromatic carbocycles. The maximum absolute atomic E-state index is 6.47. The molecule has 0 radical (unpaired) electrons. The van der Waals surface area contributed by atoms with Gasteiger partial charge in [0, 0.05) is 49.8 Å². The molecule has 59 heavy (non-hydrogen) atoms. The molecule has 3 heteroatoms. The Labute approximate surface area is 341 Å². The van der Waals surface area contributed by atoms with Crippen molar-refractivity contribution in [1.82, 2.24) is 4.57 Å². The zero-order valence-electron chi connectivity index (χ0n) is 32.1. The lowest BCUT2D eigenvalue weighted by atomic mass is 9.94. The number of furan rings is 1. The van der Waals surface area contributed by atoms with E-state index in [0.29, 0.717) is 0 Å². The Kier molecular flexibility index (Phi) is 7.54. The average molecular weight is 753 g/mol. The molecule has 2 aromatic heterocycles. The van der Waals surface area contributed by atoms with Gasteiger partial charge < -0.3 is 13.9 Å². The molecule has 0 atom stereocenters. The third kappa shape index (κ3) is 5.29. The van der Waals surface area contributed by atoms with Gasteiger partial charge in [-0.25, -0.2) is 0 Å². The molecule has 0 aliphatic rings. The van der Waals surface area contributed by atoms with Gasteiger partial charge in [0.2, 0.25) is 0 Å². The van der Waals surface area contributed by atoms with E-state index >= 15 is 0 Å². The van der Waals surface area contributed by atoms with Gasteiger partial charge in [0.25, 0.3) is 0 Å². The number of aromatic nitrogens is 1. The topological polar surface area (TPSA) is 21.3 Å². The number of hydrogen-bond donors (Lipinski definition) is 0. The van der Waals surface area contributed by atoms with Crippen molar-refractivity contribution < 1.29 is 4.42 Å². The Balaban J connectivity index is 1.10. The molecule has 0 unspecified atom stereocenters. The summed E-state index contributed by atoms with van der Waals surface area (Å²) in [7, 11) is 0. The molecule has 0 aliphatic carbocycles. The molecule has 2 heterocycles. The van der Waals surface area contributed by atoms with Crippen LogP contribution in [0, 0.1) is 0 Å². The number of fused-ring (bicyclic) bond motifs is 9. The second-order valence-corrected chi connectivity index (χ2v) is 15.3. The quantitative estimate of drug-likeness (QED) is 0.169. The fraction of sp³-hybridized carbons (Fsp3) is 0. The van der Waals surface area contributed by atoms with Gasteiger partial charge in [0.15, 0.2) is 0 Å². The zero-order chi connectivity index (χ0) is 38.9. The standard InChI is InChI=1S/C56H36N2O/c1-3-14-37(15-4-1)38-26-29-41(30-27-38)57(42-31-32-47-46-21-10-12-25-53(46)59-54(47)36-42)50-34-35-51(45-20-8-7-19-44(45)50)58-49-24-11-9-22-48(49)56-52(58)33-28-40-18-13-23-43(55(40)56)39-16-5-2-6-17-39/h1-36H. The van der Waals surface area contributed by atoms with Crippen molar-refractivity contribution >= 4 is 82.4 Å². The van der Waals surface area contributed by atoms with Crippen LogP contribution in [0.4, 0.5) is 17.1 Å². The van der Waals surface area contributed by atoms with Crippen molar-refractivity contribution in [2.45, 2.75) is 0 Å². The summed E-state index contributed by atoms with van der Waals surface area (Å²) in [5.74, 6) is 0. The summed E-state index contributed by atoms with van der Waals surface area (Å²) < 4.78 is 8.94. The molecule has 0 fully saturated rings. The van der Waals surface area contributed by atoms with Gasteiger partial charge in [0.05, 0.1) is 22.4 Å². The van der Waals surface area contributed by atoms with E-state index in [-0.39, 0.29) is 0 Å². The first kappa shape index (κ1) is 33.3. The van der Waals surface area contributed by atoms with Gasteiger partial charge in [-0.15, -0.1) is 0 Å². The second-order valence-electron chi connectivity index (χ2n) is 15.3. The van der Waals surface area contributed by atoms with Gasteiger partial charge in [-0.05, 0) is 87.6 Å². The number of benzene rings is 10. The monoisotopic (exact) mass is 752 g/mol. The lowest BCUT2D eigenvalue weighted by Crippen LogP contribution is -2.11. The molecular formula is C56H36N2O. The van der Waals surface area contributed by atoms with Gasteiger partial charge in [-0.1, -0.05) is 158 Å². The summed E-state index contributed by atoms with van der Waals surface area (Å²) in [5, 5.41) is 9.57. The van der Waals surface area contributed by atoms with Crippen LogP contribution in [0.2, 0.25) is 0 Å². The molecule has 0 saturated carbocycles. The predicted octanol–water partition coefficient (Wildman–Crippen LogP) is 15.8. The lowest BCUT2D eigenvalue weighted by molar-refractivity contribution is 0.669. The van der Waals surface area contributed by atoms with Crippen molar-refractivity contribution in [1.29, 1.82) is 0 Å². The summed E-state index contributed by atoms with van der Waals surface area (Å²) in [6, 6.07) is 78.7. The minimum atomic E-state index is 0.864. The first-order chi connectivity index (χ1) is 29.3. The van der Waals surface area contributed by atoms with Gasteiger partial charge in [-0.2, -0.15) is 0 Å². The Hall–Kier alpha value is -7.88. The molecule has 0 spiro atoms. The fourth-order valence-electron chi connectivity index (χ4n) is 9.33. The van der Waals surface area contributed by atoms with Crippen LogP contribution in [0.5, 0.6) is 0 Å². The maximum Gasteiger partial charge on any atom is 0.137 e. The van der Waals surface area contributed by atoms with Crippen molar-refractivity contribution in [3.05, 3.63) is 218 Å². The van der Waals surface area contributed by atoms with E-state index in [4.69, 9.17) is 4.42 Å². The highest BCUT2D eigenvalue weighted by Gasteiger charge is 2.22. The van der Waals surface area contributed by atoms with Crippen LogP contribution in [0.15, 0.2) is 223 Å². The summed E-state index contributed by atoms with van der Waals surface area (Å²) in [5.41, 5.74) is 13.3.